The minimum atomic E-state index is -0.364. The van der Waals surface area contributed by atoms with Crippen LogP contribution in [0, 0.1) is 0 Å². The number of hydrogen-bond donors (Lipinski definition) is 1. The molecule has 0 saturated heterocycles. The standard InChI is InChI=1S/C30H30N2O3/c1-3-5-17-31-29(33)23-13-11-22(12-14-23)24-15-16-28-26(19-24)25(18-21-9-7-6-8-10-21)27(20-32-28)30(34)35-4-2/h6-16,19-20H,3-5,17-18H2,1-2H3,(H,31,33). The number of carbonyl (C=O) groups is 2. The molecule has 1 aromatic heterocycles. The fraction of sp³-hybridized carbons (Fsp3) is 0.233. The molecule has 0 spiro atoms. The van der Waals surface area contributed by atoms with E-state index in [1.54, 1.807) is 13.1 Å². The molecule has 0 aliphatic rings. The lowest BCUT2D eigenvalue weighted by Crippen LogP contribution is -2.24. The number of nitrogens with one attached hydrogen (secondary N) is 1. The first kappa shape index (κ1) is 24.1. The second kappa shape index (κ2) is 11.4. The summed E-state index contributed by atoms with van der Waals surface area (Å²) in [7, 11) is 0. The number of amides is 1. The first-order chi connectivity index (χ1) is 17.1. The monoisotopic (exact) mass is 466 g/mol. The zero-order chi connectivity index (χ0) is 24.6. The predicted molar refractivity (Wildman–Crippen MR) is 140 cm³/mol. The molecule has 0 atom stereocenters. The van der Waals surface area contributed by atoms with Crippen molar-refractivity contribution in [2.75, 3.05) is 13.2 Å². The van der Waals surface area contributed by atoms with Gasteiger partial charge in [0, 0.05) is 23.7 Å². The molecule has 5 nitrogen and oxygen atoms in total. The topological polar surface area (TPSA) is 68.3 Å². The zero-order valence-corrected chi connectivity index (χ0v) is 20.2. The van der Waals surface area contributed by atoms with E-state index in [-0.39, 0.29) is 11.9 Å². The number of carbonyl (C=O) groups excluding carboxylic acids is 2. The van der Waals surface area contributed by atoms with Gasteiger partial charge in [0.1, 0.15) is 0 Å². The normalized spacial score (nSPS) is 10.8. The number of ether oxygens (including phenoxy) is 1. The number of hydrogen-bond acceptors (Lipinski definition) is 4. The fourth-order valence-corrected chi connectivity index (χ4v) is 4.10. The lowest BCUT2D eigenvalue weighted by molar-refractivity contribution is 0.0525. The molecule has 0 bridgehead atoms. The molecule has 0 saturated carbocycles. The SMILES string of the molecule is CCCCNC(=O)c1ccc(-c2ccc3ncc(C(=O)OCC)c(Cc4ccccc4)c3c2)cc1. The summed E-state index contributed by atoms with van der Waals surface area (Å²) in [6.07, 6.45) is 4.22. The summed E-state index contributed by atoms with van der Waals surface area (Å²) in [5.74, 6) is -0.423. The van der Waals surface area contributed by atoms with Crippen molar-refractivity contribution in [2.24, 2.45) is 0 Å². The Bertz CT molecular complexity index is 1320. The van der Waals surface area contributed by atoms with Gasteiger partial charge in [-0.25, -0.2) is 4.79 Å². The van der Waals surface area contributed by atoms with Crippen molar-refractivity contribution in [3.05, 3.63) is 101 Å². The van der Waals surface area contributed by atoms with Crippen LogP contribution in [0.3, 0.4) is 0 Å². The predicted octanol–water partition coefficient (Wildman–Crippen LogP) is 6.20. The van der Waals surface area contributed by atoms with Crippen molar-refractivity contribution < 1.29 is 14.3 Å². The molecule has 1 N–H and O–H groups in total. The Balaban J connectivity index is 1.72. The largest absolute Gasteiger partial charge is 0.462 e. The van der Waals surface area contributed by atoms with Gasteiger partial charge in [-0.2, -0.15) is 0 Å². The molecule has 178 valence electrons. The summed E-state index contributed by atoms with van der Waals surface area (Å²) < 4.78 is 5.32. The Morgan fingerprint density at radius 1 is 0.914 bits per heavy atom. The molecule has 0 fully saturated rings. The summed E-state index contributed by atoms with van der Waals surface area (Å²) in [6.45, 7) is 4.89. The van der Waals surface area contributed by atoms with Crippen molar-refractivity contribution in [2.45, 2.75) is 33.1 Å². The lowest BCUT2D eigenvalue weighted by Gasteiger charge is -2.14. The van der Waals surface area contributed by atoms with Gasteiger partial charge < -0.3 is 10.1 Å². The summed E-state index contributed by atoms with van der Waals surface area (Å²) >= 11 is 0. The van der Waals surface area contributed by atoms with Gasteiger partial charge in [-0.3, -0.25) is 9.78 Å². The maximum Gasteiger partial charge on any atom is 0.340 e. The van der Waals surface area contributed by atoms with Gasteiger partial charge in [-0.15, -0.1) is 0 Å². The Labute approximate surface area is 206 Å². The van der Waals surface area contributed by atoms with E-state index in [4.69, 9.17) is 4.74 Å². The van der Waals surface area contributed by atoms with E-state index in [0.29, 0.717) is 30.7 Å². The molecule has 0 aliphatic heterocycles. The van der Waals surface area contributed by atoms with Gasteiger partial charge in [-0.1, -0.05) is 61.9 Å². The van der Waals surface area contributed by atoms with Crippen molar-refractivity contribution in [1.82, 2.24) is 10.3 Å². The number of nitrogens with zero attached hydrogens (tertiary/aromatic N) is 1. The van der Waals surface area contributed by atoms with Gasteiger partial charge >= 0.3 is 5.97 Å². The van der Waals surface area contributed by atoms with Crippen molar-refractivity contribution in [1.29, 1.82) is 0 Å². The van der Waals surface area contributed by atoms with E-state index in [0.717, 1.165) is 46.0 Å². The first-order valence-electron chi connectivity index (χ1n) is 12.1. The molecular formula is C30H30N2O3. The maximum absolute atomic E-state index is 12.7. The van der Waals surface area contributed by atoms with E-state index in [2.05, 4.69) is 35.4 Å². The van der Waals surface area contributed by atoms with Crippen LogP contribution in [0.4, 0.5) is 0 Å². The second-order valence-electron chi connectivity index (χ2n) is 8.45. The van der Waals surface area contributed by atoms with Gasteiger partial charge in [0.2, 0.25) is 0 Å². The summed E-state index contributed by atoms with van der Waals surface area (Å²) in [5.41, 5.74) is 5.93. The van der Waals surface area contributed by atoms with E-state index in [1.807, 2.05) is 54.6 Å². The number of aromatic nitrogens is 1. The van der Waals surface area contributed by atoms with Gasteiger partial charge in [0.15, 0.2) is 0 Å². The smallest absolute Gasteiger partial charge is 0.340 e. The molecule has 5 heteroatoms. The molecule has 3 aromatic carbocycles. The van der Waals surface area contributed by atoms with Crippen LogP contribution in [0.5, 0.6) is 0 Å². The van der Waals surface area contributed by atoms with E-state index in [9.17, 15) is 9.59 Å². The van der Waals surface area contributed by atoms with Crippen LogP contribution in [0.2, 0.25) is 0 Å². The second-order valence-corrected chi connectivity index (χ2v) is 8.45. The van der Waals surface area contributed by atoms with E-state index >= 15 is 0 Å². The summed E-state index contributed by atoms with van der Waals surface area (Å²) in [6, 6.07) is 23.7. The van der Waals surface area contributed by atoms with Crippen LogP contribution < -0.4 is 5.32 Å². The van der Waals surface area contributed by atoms with Crippen molar-refractivity contribution in [3.8, 4) is 11.1 Å². The van der Waals surface area contributed by atoms with Crippen LogP contribution >= 0.6 is 0 Å². The Morgan fingerprint density at radius 2 is 1.66 bits per heavy atom. The third kappa shape index (κ3) is 5.75. The molecule has 0 unspecified atom stereocenters. The summed E-state index contributed by atoms with van der Waals surface area (Å²) in [5, 5.41) is 3.87. The Morgan fingerprint density at radius 3 is 2.37 bits per heavy atom. The average molecular weight is 467 g/mol. The highest BCUT2D eigenvalue weighted by molar-refractivity contribution is 5.99. The maximum atomic E-state index is 12.7. The number of rotatable bonds is 9. The van der Waals surface area contributed by atoms with Crippen LogP contribution in [0.1, 0.15) is 58.5 Å². The van der Waals surface area contributed by atoms with Gasteiger partial charge in [0.25, 0.3) is 5.91 Å². The van der Waals surface area contributed by atoms with Crippen LogP contribution in [-0.2, 0) is 11.2 Å². The van der Waals surface area contributed by atoms with Crippen LogP contribution in [-0.4, -0.2) is 30.0 Å². The Kier molecular flexibility index (Phi) is 7.88. The zero-order valence-electron chi connectivity index (χ0n) is 20.2. The minimum Gasteiger partial charge on any atom is -0.462 e. The molecule has 0 aliphatic carbocycles. The molecule has 35 heavy (non-hydrogen) atoms. The highest BCUT2D eigenvalue weighted by atomic mass is 16.5. The molecule has 1 heterocycles. The third-order valence-electron chi connectivity index (χ3n) is 5.99. The number of pyridine rings is 1. The molecule has 4 aromatic rings. The van der Waals surface area contributed by atoms with Crippen LogP contribution in [0.15, 0.2) is 79.0 Å². The minimum absolute atomic E-state index is 0.0584. The number of benzene rings is 3. The number of fused-ring (bicyclic) bond motifs is 1. The molecular weight excluding hydrogens is 436 g/mol. The molecule has 0 radical (unpaired) electrons. The van der Waals surface area contributed by atoms with Gasteiger partial charge in [0.05, 0.1) is 17.7 Å². The third-order valence-corrected chi connectivity index (χ3v) is 5.99. The number of unbranched alkanes of at least 4 members (excludes halogenated alkanes) is 1. The van der Waals surface area contributed by atoms with Gasteiger partial charge in [-0.05, 0) is 66.3 Å². The van der Waals surface area contributed by atoms with E-state index in [1.165, 1.54) is 0 Å². The number of esters is 1. The van der Waals surface area contributed by atoms with E-state index < -0.39 is 0 Å². The molecule has 4 rings (SSSR count). The van der Waals surface area contributed by atoms with Crippen LogP contribution in [0.25, 0.3) is 22.0 Å². The fourth-order valence-electron chi connectivity index (χ4n) is 4.10. The quantitative estimate of drug-likeness (QED) is 0.236. The highest BCUT2D eigenvalue weighted by Crippen LogP contribution is 2.29. The van der Waals surface area contributed by atoms with Crippen molar-refractivity contribution in [3.63, 3.8) is 0 Å². The average Bonchev–Trinajstić information content (AvgIpc) is 2.89. The lowest BCUT2D eigenvalue weighted by atomic mass is 9.94. The molecule has 1 amide bonds. The Hall–Kier alpha value is -3.99. The first-order valence-corrected chi connectivity index (χ1v) is 12.1. The van der Waals surface area contributed by atoms with Crippen molar-refractivity contribution >= 4 is 22.8 Å². The highest BCUT2D eigenvalue weighted by Gasteiger charge is 2.18. The summed E-state index contributed by atoms with van der Waals surface area (Å²) in [4.78, 5) is 29.6.